The number of piperazine rings is 2. The van der Waals surface area contributed by atoms with Gasteiger partial charge in [-0.2, -0.15) is 4.98 Å². The van der Waals surface area contributed by atoms with Crippen LogP contribution >= 0.6 is 0 Å². The summed E-state index contributed by atoms with van der Waals surface area (Å²) >= 11 is 0. The molecule has 8 nitrogen and oxygen atoms in total. The molecule has 0 bridgehead atoms. The van der Waals surface area contributed by atoms with E-state index in [2.05, 4.69) is 27.8 Å². The molecule has 8 heteroatoms. The molecule has 0 atom stereocenters. The maximum Gasteiger partial charge on any atom is 0.227 e. The van der Waals surface area contributed by atoms with Crippen molar-refractivity contribution in [3.8, 4) is 5.75 Å². The number of nitrogens with zero attached hydrogens (tertiary/aromatic N) is 6. The summed E-state index contributed by atoms with van der Waals surface area (Å²) in [5.41, 5.74) is 3.06. The van der Waals surface area contributed by atoms with Gasteiger partial charge in [0, 0.05) is 64.1 Å². The Morgan fingerprint density at radius 1 is 0.938 bits per heavy atom. The van der Waals surface area contributed by atoms with Crippen LogP contribution in [0.15, 0.2) is 24.3 Å². The summed E-state index contributed by atoms with van der Waals surface area (Å²) in [7, 11) is 3.82. The van der Waals surface area contributed by atoms with Crippen molar-refractivity contribution >= 4 is 17.7 Å². The second-order valence-corrected chi connectivity index (χ2v) is 8.81. The maximum atomic E-state index is 12.9. The van der Waals surface area contributed by atoms with Crippen LogP contribution < -0.4 is 14.5 Å². The summed E-state index contributed by atoms with van der Waals surface area (Å²) in [5, 5.41) is 0. The molecule has 2 fully saturated rings. The molecule has 0 N–H and O–H groups in total. The van der Waals surface area contributed by atoms with Crippen molar-refractivity contribution in [3.63, 3.8) is 0 Å². The first-order valence-electron chi connectivity index (χ1n) is 11.4. The summed E-state index contributed by atoms with van der Waals surface area (Å²) in [6, 6.07) is 8.02. The first kappa shape index (κ1) is 22.3. The number of hydrogen-bond acceptors (Lipinski definition) is 7. The molecular weight excluding hydrogens is 404 g/mol. The normalized spacial score (nSPS) is 17.6. The summed E-state index contributed by atoms with van der Waals surface area (Å²) < 4.78 is 5.32. The fourth-order valence-electron chi connectivity index (χ4n) is 4.37. The fourth-order valence-corrected chi connectivity index (χ4v) is 4.37. The number of rotatable bonds is 5. The van der Waals surface area contributed by atoms with E-state index >= 15 is 0 Å². The quantitative estimate of drug-likeness (QED) is 0.705. The van der Waals surface area contributed by atoms with Gasteiger partial charge in [0.1, 0.15) is 11.6 Å². The molecule has 2 aliphatic heterocycles. The van der Waals surface area contributed by atoms with Crippen LogP contribution in [0.4, 0.5) is 11.8 Å². The summed E-state index contributed by atoms with van der Waals surface area (Å²) in [5.74, 6) is 2.80. The van der Waals surface area contributed by atoms with Crippen LogP contribution in [-0.2, 0) is 11.2 Å². The van der Waals surface area contributed by atoms with Crippen molar-refractivity contribution < 1.29 is 9.53 Å². The van der Waals surface area contributed by atoms with E-state index in [9.17, 15) is 4.79 Å². The maximum absolute atomic E-state index is 12.9. The van der Waals surface area contributed by atoms with E-state index in [1.54, 1.807) is 7.11 Å². The van der Waals surface area contributed by atoms with Gasteiger partial charge in [-0.25, -0.2) is 4.98 Å². The molecule has 3 heterocycles. The zero-order chi connectivity index (χ0) is 22.7. The Labute approximate surface area is 190 Å². The second kappa shape index (κ2) is 9.73. The molecule has 0 spiro atoms. The van der Waals surface area contributed by atoms with Crippen molar-refractivity contribution in [2.75, 3.05) is 76.3 Å². The third kappa shape index (κ3) is 5.12. The van der Waals surface area contributed by atoms with Crippen LogP contribution in [-0.4, -0.2) is 92.2 Å². The fraction of sp³-hybridized carbons (Fsp3) is 0.542. The van der Waals surface area contributed by atoms with E-state index in [0.717, 1.165) is 73.6 Å². The molecule has 1 aromatic carbocycles. The van der Waals surface area contributed by atoms with Gasteiger partial charge in [0.25, 0.3) is 0 Å². The van der Waals surface area contributed by atoms with Gasteiger partial charge in [0.2, 0.25) is 11.9 Å². The molecule has 0 aliphatic carbocycles. The predicted octanol–water partition coefficient (Wildman–Crippen LogP) is 1.75. The zero-order valence-corrected chi connectivity index (χ0v) is 19.7. The standard InChI is InChI=1S/C24H34N6O2/c1-18-15-20(5-6-21(18)32-4)17-23(31)29-11-13-30(14-12-29)24-25-19(2)16-22(26-24)28-9-7-27(3)8-10-28/h5-6,15-16H,7-14,17H2,1-4H3. The van der Waals surface area contributed by atoms with E-state index in [1.807, 2.05) is 36.9 Å². The van der Waals surface area contributed by atoms with E-state index < -0.39 is 0 Å². The minimum absolute atomic E-state index is 0.164. The van der Waals surface area contributed by atoms with Gasteiger partial charge in [-0.3, -0.25) is 4.79 Å². The zero-order valence-electron chi connectivity index (χ0n) is 19.7. The third-order valence-electron chi connectivity index (χ3n) is 6.39. The van der Waals surface area contributed by atoms with E-state index in [0.29, 0.717) is 19.5 Å². The number of carbonyl (C=O) groups excluding carboxylic acids is 1. The number of benzene rings is 1. The minimum Gasteiger partial charge on any atom is -0.496 e. The lowest BCUT2D eigenvalue weighted by molar-refractivity contribution is -0.130. The highest BCUT2D eigenvalue weighted by molar-refractivity contribution is 5.79. The lowest BCUT2D eigenvalue weighted by Crippen LogP contribution is -2.50. The van der Waals surface area contributed by atoms with Gasteiger partial charge in [0.05, 0.1) is 13.5 Å². The van der Waals surface area contributed by atoms with Gasteiger partial charge < -0.3 is 24.3 Å². The number of aromatic nitrogens is 2. The number of amides is 1. The van der Waals surface area contributed by atoms with Crippen LogP contribution in [0.1, 0.15) is 16.8 Å². The molecule has 32 heavy (non-hydrogen) atoms. The smallest absolute Gasteiger partial charge is 0.227 e. The van der Waals surface area contributed by atoms with Gasteiger partial charge in [-0.15, -0.1) is 0 Å². The molecule has 0 radical (unpaired) electrons. The Kier molecular flexibility index (Phi) is 6.79. The topological polar surface area (TPSA) is 65.0 Å². The Morgan fingerprint density at radius 2 is 1.62 bits per heavy atom. The highest BCUT2D eigenvalue weighted by Crippen LogP contribution is 2.21. The van der Waals surface area contributed by atoms with Gasteiger partial charge in [0.15, 0.2) is 0 Å². The van der Waals surface area contributed by atoms with Crippen LogP contribution in [0.2, 0.25) is 0 Å². The van der Waals surface area contributed by atoms with Gasteiger partial charge in [-0.05, 0) is 38.1 Å². The number of anilines is 2. The largest absolute Gasteiger partial charge is 0.496 e. The first-order chi connectivity index (χ1) is 15.4. The highest BCUT2D eigenvalue weighted by atomic mass is 16.5. The monoisotopic (exact) mass is 438 g/mol. The van der Waals surface area contributed by atoms with Crippen molar-refractivity contribution in [1.29, 1.82) is 0 Å². The van der Waals surface area contributed by atoms with Crippen molar-refractivity contribution in [2.45, 2.75) is 20.3 Å². The molecule has 2 saturated heterocycles. The molecule has 1 amide bonds. The summed E-state index contributed by atoms with van der Waals surface area (Å²) in [4.78, 5) is 31.3. The molecule has 2 aliphatic rings. The third-order valence-corrected chi connectivity index (χ3v) is 6.39. The lowest BCUT2D eigenvalue weighted by Gasteiger charge is -2.36. The van der Waals surface area contributed by atoms with Gasteiger partial charge in [-0.1, -0.05) is 12.1 Å². The van der Waals surface area contributed by atoms with Crippen molar-refractivity contribution in [2.24, 2.45) is 0 Å². The molecule has 4 rings (SSSR count). The summed E-state index contributed by atoms with van der Waals surface area (Å²) in [6.45, 7) is 11.0. The van der Waals surface area contributed by atoms with Gasteiger partial charge >= 0.3 is 0 Å². The molecule has 1 aromatic heterocycles. The Hall–Kier alpha value is -2.87. The minimum atomic E-state index is 0.164. The molecule has 2 aromatic rings. The molecule has 0 saturated carbocycles. The van der Waals surface area contributed by atoms with Crippen LogP contribution in [0.25, 0.3) is 0 Å². The Bertz CT molecular complexity index is 950. The van der Waals surface area contributed by atoms with Crippen molar-refractivity contribution in [3.05, 3.63) is 41.1 Å². The number of ether oxygens (including phenoxy) is 1. The highest BCUT2D eigenvalue weighted by Gasteiger charge is 2.24. The summed E-state index contributed by atoms with van der Waals surface area (Å²) in [6.07, 6.45) is 0.416. The van der Waals surface area contributed by atoms with Crippen LogP contribution in [0.3, 0.4) is 0 Å². The SMILES string of the molecule is COc1ccc(CC(=O)N2CCN(c3nc(C)cc(N4CCN(C)CC4)n3)CC2)cc1C. The van der Waals surface area contributed by atoms with E-state index in [-0.39, 0.29) is 5.91 Å². The Morgan fingerprint density at radius 3 is 2.28 bits per heavy atom. The first-order valence-corrected chi connectivity index (χ1v) is 11.4. The van der Waals surface area contributed by atoms with E-state index in [1.165, 1.54) is 0 Å². The molecular formula is C24H34N6O2. The van der Waals surface area contributed by atoms with E-state index in [4.69, 9.17) is 14.7 Å². The van der Waals surface area contributed by atoms with Crippen LogP contribution in [0.5, 0.6) is 5.75 Å². The number of likely N-dealkylation sites (N-methyl/N-ethyl adjacent to an activating group) is 1. The molecule has 0 unspecified atom stereocenters. The lowest BCUT2D eigenvalue weighted by atomic mass is 10.1. The number of carbonyl (C=O) groups is 1. The predicted molar refractivity (Wildman–Crippen MR) is 127 cm³/mol. The average molecular weight is 439 g/mol. The number of methoxy groups -OCH3 is 1. The van der Waals surface area contributed by atoms with Crippen molar-refractivity contribution in [1.82, 2.24) is 19.8 Å². The van der Waals surface area contributed by atoms with Crippen LogP contribution in [0, 0.1) is 13.8 Å². The number of hydrogen-bond donors (Lipinski definition) is 0. The molecule has 172 valence electrons. The second-order valence-electron chi connectivity index (χ2n) is 8.81. The number of aryl methyl sites for hydroxylation is 2. The Balaban J connectivity index is 1.36. The average Bonchev–Trinajstić information content (AvgIpc) is 2.79.